The van der Waals surface area contributed by atoms with Gasteiger partial charge in [-0.2, -0.15) is 0 Å². The monoisotopic (exact) mass is 373 g/mol. The molecule has 2 rings (SSSR count). The van der Waals surface area contributed by atoms with Crippen molar-refractivity contribution in [1.29, 1.82) is 0 Å². The fourth-order valence-corrected chi connectivity index (χ4v) is 2.93. The summed E-state index contributed by atoms with van der Waals surface area (Å²) in [5.41, 5.74) is 0.820. The van der Waals surface area contributed by atoms with Gasteiger partial charge in [-0.05, 0) is 43.4 Å². The number of nitrogens with one attached hydrogen (secondary N) is 1. The van der Waals surface area contributed by atoms with Gasteiger partial charge in [0.2, 0.25) is 5.91 Å². The summed E-state index contributed by atoms with van der Waals surface area (Å²) in [7, 11) is 3.34. The molecule has 3 N–H and O–H groups in total. The minimum atomic E-state index is -1.83. The van der Waals surface area contributed by atoms with Crippen molar-refractivity contribution in [2.45, 2.75) is 44.2 Å². The molecule has 1 aliphatic rings. The number of ether oxygens (including phenoxy) is 2. The van der Waals surface area contributed by atoms with Crippen LogP contribution in [-0.4, -0.2) is 48.6 Å². The van der Waals surface area contributed by atoms with Crippen LogP contribution in [0.15, 0.2) is 18.2 Å². The summed E-state index contributed by atoms with van der Waals surface area (Å²) in [5.74, 6) is 0.713. The lowest BCUT2D eigenvalue weighted by Gasteiger charge is -2.28. The molecule has 0 aliphatic heterocycles. The van der Waals surface area contributed by atoms with Gasteiger partial charge in [0, 0.05) is 18.2 Å². The third kappa shape index (κ3) is 8.09. The molecule has 1 aliphatic carbocycles. The molecule has 0 saturated heterocycles. The number of rotatable bonds is 5. The van der Waals surface area contributed by atoms with E-state index in [1.54, 1.807) is 20.3 Å². The minimum absolute atomic E-state index is 0.0166. The van der Waals surface area contributed by atoms with E-state index in [9.17, 15) is 4.79 Å². The molecule has 1 amide bonds. The topological polar surface area (TPSA) is 105 Å². The second-order valence-electron chi connectivity index (χ2n) is 5.69. The van der Waals surface area contributed by atoms with E-state index < -0.39 is 6.16 Å². The van der Waals surface area contributed by atoms with Crippen molar-refractivity contribution in [1.82, 2.24) is 5.32 Å². The molecule has 0 heterocycles. The van der Waals surface area contributed by atoms with Crippen LogP contribution in [0.25, 0.3) is 0 Å². The van der Waals surface area contributed by atoms with Gasteiger partial charge in [-0.3, -0.25) is 4.79 Å². The van der Waals surface area contributed by atoms with Gasteiger partial charge >= 0.3 is 6.16 Å². The van der Waals surface area contributed by atoms with Gasteiger partial charge in [-0.1, -0.05) is 17.7 Å². The molecule has 1 saturated carbocycles. The minimum Gasteiger partial charge on any atom is -0.497 e. The van der Waals surface area contributed by atoms with Crippen LogP contribution >= 0.6 is 11.6 Å². The van der Waals surface area contributed by atoms with Gasteiger partial charge in [0.1, 0.15) is 5.75 Å². The van der Waals surface area contributed by atoms with Crippen molar-refractivity contribution in [3.63, 3.8) is 0 Å². The quantitative estimate of drug-likeness (QED) is 0.732. The van der Waals surface area contributed by atoms with Gasteiger partial charge in [0.25, 0.3) is 0 Å². The average Bonchev–Trinajstić information content (AvgIpc) is 2.57. The van der Waals surface area contributed by atoms with E-state index in [1.165, 1.54) is 0 Å². The van der Waals surface area contributed by atoms with E-state index in [2.05, 4.69) is 5.32 Å². The van der Waals surface area contributed by atoms with Crippen molar-refractivity contribution in [2.75, 3.05) is 14.2 Å². The maximum absolute atomic E-state index is 12.1. The lowest BCUT2D eigenvalue weighted by Crippen LogP contribution is -2.39. The third-order valence-corrected chi connectivity index (χ3v) is 4.34. The number of carbonyl (C=O) groups excluding carboxylic acids is 1. The highest BCUT2D eigenvalue weighted by Crippen LogP contribution is 2.24. The van der Waals surface area contributed by atoms with Crippen molar-refractivity contribution in [3.05, 3.63) is 28.8 Å². The molecule has 0 spiro atoms. The number of hydrogen-bond acceptors (Lipinski definition) is 4. The van der Waals surface area contributed by atoms with Crippen LogP contribution in [0.3, 0.4) is 0 Å². The SMILES string of the molecule is COc1ccc(CC(=O)NC2CCC(OC)CC2)c(Cl)c1.O=C(O)O. The van der Waals surface area contributed by atoms with E-state index >= 15 is 0 Å². The van der Waals surface area contributed by atoms with E-state index in [0.29, 0.717) is 23.3 Å². The summed E-state index contributed by atoms with van der Waals surface area (Å²) in [6.45, 7) is 0. The van der Waals surface area contributed by atoms with Gasteiger partial charge in [0.15, 0.2) is 0 Å². The Morgan fingerprint density at radius 2 is 1.80 bits per heavy atom. The van der Waals surface area contributed by atoms with E-state index in [1.807, 2.05) is 12.1 Å². The molecule has 0 atom stereocenters. The number of amides is 1. The number of carboxylic acid groups (broad SMARTS) is 2. The second-order valence-corrected chi connectivity index (χ2v) is 6.10. The summed E-state index contributed by atoms with van der Waals surface area (Å²) in [5, 5.41) is 17.6. The first-order chi connectivity index (χ1) is 11.8. The Morgan fingerprint density at radius 3 is 2.28 bits per heavy atom. The molecular weight excluding hydrogens is 350 g/mol. The molecule has 0 unspecified atom stereocenters. The third-order valence-electron chi connectivity index (χ3n) is 3.98. The molecule has 1 aromatic rings. The van der Waals surface area contributed by atoms with Crippen molar-refractivity contribution >= 4 is 23.7 Å². The van der Waals surface area contributed by atoms with E-state index in [0.717, 1.165) is 31.2 Å². The van der Waals surface area contributed by atoms with Gasteiger partial charge in [-0.25, -0.2) is 4.79 Å². The first kappa shape index (κ1) is 21.1. The number of carbonyl (C=O) groups is 2. The van der Waals surface area contributed by atoms with Crippen LogP contribution < -0.4 is 10.1 Å². The highest BCUT2D eigenvalue weighted by molar-refractivity contribution is 6.31. The van der Waals surface area contributed by atoms with Crippen LogP contribution in [0.4, 0.5) is 4.79 Å². The van der Waals surface area contributed by atoms with Crippen molar-refractivity contribution in [3.8, 4) is 5.75 Å². The zero-order valence-electron chi connectivity index (χ0n) is 14.3. The fraction of sp³-hybridized carbons (Fsp3) is 0.529. The number of halogens is 1. The Hall–Kier alpha value is -1.99. The molecule has 0 bridgehead atoms. The normalized spacial score (nSPS) is 19.3. The molecular formula is C17H24ClNO6. The standard InChI is InChI=1S/C16H22ClNO3.CH2O3/c1-20-13-7-4-12(5-8-13)18-16(19)9-11-3-6-14(21-2)10-15(11)17;2-1(3)4/h3,6,10,12-13H,4-5,7-9H2,1-2H3,(H,18,19);(H2,2,3,4). The number of benzene rings is 1. The summed E-state index contributed by atoms with van der Waals surface area (Å²) in [4.78, 5) is 20.7. The maximum Gasteiger partial charge on any atom is 0.503 e. The molecule has 1 aromatic carbocycles. The Bertz CT molecular complexity index is 568. The predicted octanol–water partition coefficient (Wildman–Crippen LogP) is 3.19. The Kier molecular flexibility index (Phi) is 9.08. The summed E-state index contributed by atoms with van der Waals surface area (Å²) < 4.78 is 10.4. The van der Waals surface area contributed by atoms with Gasteiger partial charge in [-0.15, -0.1) is 0 Å². The van der Waals surface area contributed by atoms with Crippen LogP contribution in [0, 0.1) is 0 Å². The van der Waals surface area contributed by atoms with Crippen LogP contribution in [0.2, 0.25) is 5.02 Å². The summed E-state index contributed by atoms with van der Waals surface area (Å²) >= 11 is 6.16. The lowest BCUT2D eigenvalue weighted by molar-refractivity contribution is -0.121. The molecule has 8 heteroatoms. The molecule has 0 radical (unpaired) electrons. The fourth-order valence-electron chi connectivity index (χ4n) is 2.69. The molecule has 7 nitrogen and oxygen atoms in total. The highest BCUT2D eigenvalue weighted by atomic mass is 35.5. The zero-order chi connectivity index (χ0) is 18.8. The first-order valence-corrected chi connectivity index (χ1v) is 8.30. The average molecular weight is 374 g/mol. The van der Waals surface area contributed by atoms with E-state index in [4.69, 9.17) is 36.1 Å². The van der Waals surface area contributed by atoms with E-state index in [-0.39, 0.29) is 11.9 Å². The van der Waals surface area contributed by atoms with Crippen LogP contribution in [-0.2, 0) is 16.0 Å². The molecule has 25 heavy (non-hydrogen) atoms. The van der Waals surface area contributed by atoms with Crippen LogP contribution in [0.5, 0.6) is 5.75 Å². The number of hydrogen-bond donors (Lipinski definition) is 3. The molecule has 0 aromatic heterocycles. The molecule has 140 valence electrons. The molecule has 1 fully saturated rings. The Labute approximate surface area is 151 Å². The Morgan fingerprint density at radius 1 is 1.20 bits per heavy atom. The summed E-state index contributed by atoms with van der Waals surface area (Å²) in [6, 6.07) is 5.63. The zero-order valence-corrected chi connectivity index (χ0v) is 15.1. The number of methoxy groups -OCH3 is 2. The second kappa shape index (κ2) is 10.8. The van der Waals surface area contributed by atoms with Crippen molar-refractivity contribution in [2.24, 2.45) is 0 Å². The highest BCUT2D eigenvalue weighted by Gasteiger charge is 2.22. The lowest BCUT2D eigenvalue weighted by atomic mass is 9.93. The Balaban J connectivity index is 0.000000705. The first-order valence-electron chi connectivity index (χ1n) is 7.92. The van der Waals surface area contributed by atoms with Crippen molar-refractivity contribution < 1.29 is 29.3 Å². The smallest absolute Gasteiger partial charge is 0.497 e. The predicted molar refractivity (Wildman–Crippen MR) is 93.6 cm³/mol. The largest absolute Gasteiger partial charge is 0.503 e. The van der Waals surface area contributed by atoms with Crippen LogP contribution in [0.1, 0.15) is 31.2 Å². The summed E-state index contributed by atoms with van der Waals surface area (Å²) in [6.07, 6.45) is 2.76. The van der Waals surface area contributed by atoms with Gasteiger partial charge in [0.05, 0.1) is 19.6 Å². The van der Waals surface area contributed by atoms with Gasteiger partial charge < -0.3 is 25.0 Å². The maximum atomic E-state index is 12.1.